The average Bonchev–Trinajstić information content (AvgIpc) is 2.85. The van der Waals surface area contributed by atoms with Crippen LogP contribution >= 0.6 is 0 Å². The molecule has 0 atom stereocenters. The van der Waals surface area contributed by atoms with Crippen LogP contribution in [0.15, 0.2) is 10.6 Å². The van der Waals surface area contributed by atoms with Crippen molar-refractivity contribution in [2.45, 2.75) is 44.9 Å². The normalized spacial score (nSPS) is 17.4. The Morgan fingerprint density at radius 3 is 3.07 bits per heavy atom. The van der Waals surface area contributed by atoms with Crippen LogP contribution in [0.5, 0.6) is 0 Å². The van der Waals surface area contributed by atoms with E-state index in [4.69, 9.17) is 9.26 Å². The van der Waals surface area contributed by atoms with Crippen molar-refractivity contribution >= 4 is 0 Å². The fraction of sp³-hybridized carbons (Fsp3) is 0.727. The SMILES string of the molecule is COCc1cc(CNC2CCCC2)no1. The first-order valence-electron chi connectivity index (χ1n) is 5.55. The predicted octanol–water partition coefficient (Wildman–Crippen LogP) is 1.85. The van der Waals surface area contributed by atoms with Gasteiger partial charge in [0.1, 0.15) is 6.61 Å². The second kappa shape index (κ2) is 5.28. The lowest BCUT2D eigenvalue weighted by Gasteiger charge is -2.08. The zero-order valence-electron chi connectivity index (χ0n) is 9.16. The van der Waals surface area contributed by atoms with Crippen molar-refractivity contribution in [2.75, 3.05) is 7.11 Å². The summed E-state index contributed by atoms with van der Waals surface area (Å²) in [6, 6.07) is 2.62. The molecule has 4 heteroatoms. The number of rotatable bonds is 5. The van der Waals surface area contributed by atoms with Gasteiger partial charge in [-0.3, -0.25) is 0 Å². The van der Waals surface area contributed by atoms with E-state index in [-0.39, 0.29) is 0 Å². The highest BCUT2D eigenvalue weighted by Gasteiger charge is 2.14. The van der Waals surface area contributed by atoms with Gasteiger partial charge in [-0.05, 0) is 12.8 Å². The molecule has 0 radical (unpaired) electrons. The Morgan fingerprint density at radius 2 is 2.33 bits per heavy atom. The van der Waals surface area contributed by atoms with E-state index in [9.17, 15) is 0 Å². The highest BCUT2D eigenvalue weighted by atomic mass is 16.5. The van der Waals surface area contributed by atoms with E-state index in [0.717, 1.165) is 18.0 Å². The lowest BCUT2D eigenvalue weighted by molar-refractivity contribution is 0.155. The largest absolute Gasteiger partial charge is 0.377 e. The quantitative estimate of drug-likeness (QED) is 0.805. The molecule has 4 nitrogen and oxygen atoms in total. The first-order valence-corrected chi connectivity index (χ1v) is 5.55. The van der Waals surface area contributed by atoms with Gasteiger partial charge in [-0.15, -0.1) is 0 Å². The number of nitrogens with zero attached hydrogens (tertiary/aromatic N) is 1. The van der Waals surface area contributed by atoms with Crippen molar-refractivity contribution < 1.29 is 9.26 Å². The van der Waals surface area contributed by atoms with Crippen LogP contribution in [0.1, 0.15) is 37.1 Å². The summed E-state index contributed by atoms with van der Waals surface area (Å²) in [7, 11) is 1.65. The molecule has 1 heterocycles. The molecule has 0 aromatic carbocycles. The molecule has 1 aliphatic carbocycles. The van der Waals surface area contributed by atoms with E-state index in [1.165, 1.54) is 25.7 Å². The summed E-state index contributed by atoms with van der Waals surface area (Å²) in [5, 5.41) is 7.47. The van der Waals surface area contributed by atoms with Crippen LogP contribution in [-0.2, 0) is 17.9 Å². The van der Waals surface area contributed by atoms with Gasteiger partial charge in [0.15, 0.2) is 5.76 Å². The van der Waals surface area contributed by atoms with Crippen LogP contribution in [0.25, 0.3) is 0 Å². The summed E-state index contributed by atoms with van der Waals surface area (Å²) in [6.45, 7) is 1.30. The highest BCUT2D eigenvalue weighted by molar-refractivity contribution is 5.04. The minimum Gasteiger partial charge on any atom is -0.377 e. The van der Waals surface area contributed by atoms with E-state index in [1.807, 2.05) is 6.07 Å². The van der Waals surface area contributed by atoms with Crippen molar-refractivity contribution in [1.29, 1.82) is 0 Å². The fourth-order valence-electron chi connectivity index (χ4n) is 2.03. The molecule has 0 amide bonds. The zero-order chi connectivity index (χ0) is 10.5. The summed E-state index contributed by atoms with van der Waals surface area (Å²) in [6.07, 6.45) is 5.29. The maximum atomic E-state index is 5.11. The van der Waals surface area contributed by atoms with Gasteiger partial charge in [0.25, 0.3) is 0 Å². The van der Waals surface area contributed by atoms with Gasteiger partial charge in [-0.2, -0.15) is 0 Å². The number of aromatic nitrogens is 1. The molecular formula is C11H18N2O2. The first-order chi connectivity index (χ1) is 7.38. The summed E-state index contributed by atoms with van der Waals surface area (Å²) in [4.78, 5) is 0. The predicted molar refractivity (Wildman–Crippen MR) is 56.3 cm³/mol. The number of hydrogen-bond donors (Lipinski definition) is 1. The summed E-state index contributed by atoms with van der Waals surface area (Å²) >= 11 is 0. The van der Waals surface area contributed by atoms with Gasteiger partial charge < -0.3 is 14.6 Å². The second-order valence-electron chi connectivity index (χ2n) is 4.08. The molecule has 1 saturated carbocycles. The van der Waals surface area contributed by atoms with E-state index in [2.05, 4.69) is 10.5 Å². The molecule has 0 spiro atoms. The molecule has 0 saturated heterocycles. The van der Waals surface area contributed by atoms with Gasteiger partial charge in [0, 0.05) is 25.8 Å². The number of hydrogen-bond acceptors (Lipinski definition) is 4. The lowest BCUT2D eigenvalue weighted by atomic mass is 10.2. The number of nitrogens with one attached hydrogen (secondary N) is 1. The Bertz CT molecular complexity index is 293. The van der Waals surface area contributed by atoms with Gasteiger partial charge in [0.05, 0.1) is 5.69 Å². The van der Waals surface area contributed by atoms with Crippen LogP contribution in [0.3, 0.4) is 0 Å². The number of methoxy groups -OCH3 is 1. The van der Waals surface area contributed by atoms with Crippen molar-refractivity contribution in [3.05, 3.63) is 17.5 Å². The van der Waals surface area contributed by atoms with E-state index < -0.39 is 0 Å². The Hall–Kier alpha value is -0.870. The lowest BCUT2D eigenvalue weighted by Crippen LogP contribution is -2.25. The minimum absolute atomic E-state index is 0.496. The molecule has 0 bridgehead atoms. The van der Waals surface area contributed by atoms with Crippen LogP contribution in [0, 0.1) is 0 Å². The molecule has 1 N–H and O–H groups in total. The molecule has 15 heavy (non-hydrogen) atoms. The molecule has 2 rings (SSSR count). The van der Waals surface area contributed by atoms with Gasteiger partial charge in [-0.1, -0.05) is 18.0 Å². The molecule has 1 aromatic rings. The van der Waals surface area contributed by atoms with Crippen LogP contribution in [0.2, 0.25) is 0 Å². The third kappa shape index (κ3) is 3.04. The highest BCUT2D eigenvalue weighted by Crippen LogP contribution is 2.18. The molecule has 1 fully saturated rings. The number of ether oxygens (including phenoxy) is 1. The maximum Gasteiger partial charge on any atom is 0.162 e. The Kier molecular flexibility index (Phi) is 3.75. The van der Waals surface area contributed by atoms with Crippen LogP contribution < -0.4 is 5.32 Å². The topological polar surface area (TPSA) is 47.3 Å². The Labute approximate surface area is 90.0 Å². The molecule has 0 aliphatic heterocycles. The van der Waals surface area contributed by atoms with Crippen LogP contribution in [0.4, 0.5) is 0 Å². The summed E-state index contributed by atoms with van der Waals surface area (Å²) in [5.41, 5.74) is 0.967. The standard InChI is InChI=1S/C11H18N2O2/c1-14-8-11-6-10(13-15-11)7-12-9-4-2-3-5-9/h6,9,12H,2-5,7-8H2,1H3. The van der Waals surface area contributed by atoms with Gasteiger partial charge >= 0.3 is 0 Å². The summed E-state index contributed by atoms with van der Waals surface area (Å²) < 4.78 is 10.1. The van der Waals surface area contributed by atoms with Crippen molar-refractivity contribution in [2.24, 2.45) is 0 Å². The van der Waals surface area contributed by atoms with Gasteiger partial charge in [0.2, 0.25) is 0 Å². The zero-order valence-corrected chi connectivity index (χ0v) is 9.16. The van der Waals surface area contributed by atoms with Crippen molar-refractivity contribution in [3.63, 3.8) is 0 Å². The Balaban J connectivity index is 1.77. The van der Waals surface area contributed by atoms with Gasteiger partial charge in [-0.25, -0.2) is 0 Å². The molecule has 1 aliphatic rings. The van der Waals surface area contributed by atoms with E-state index >= 15 is 0 Å². The monoisotopic (exact) mass is 210 g/mol. The first kappa shape index (κ1) is 10.6. The molecular weight excluding hydrogens is 192 g/mol. The third-order valence-corrected chi connectivity index (χ3v) is 2.82. The molecule has 0 unspecified atom stereocenters. The van der Waals surface area contributed by atoms with Crippen molar-refractivity contribution in [3.8, 4) is 0 Å². The fourth-order valence-corrected chi connectivity index (χ4v) is 2.03. The van der Waals surface area contributed by atoms with E-state index in [0.29, 0.717) is 12.6 Å². The van der Waals surface area contributed by atoms with E-state index in [1.54, 1.807) is 7.11 Å². The Morgan fingerprint density at radius 1 is 1.53 bits per heavy atom. The smallest absolute Gasteiger partial charge is 0.162 e. The van der Waals surface area contributed by atoms with Crippen molar-refractivity contribution in [1.82, 2.24) is 10.5 Å². The average molecular weight is 210 g/mol. The minimum atomic E-state index is 0.496. The molecule has 1 aromatic heterocycles. The summed E-state index contributed by atoms with van der Waals surface area (Å²) in [5.74, 6) is 0.792. The van der Waals surface area contributed by atoms with Crippen LogP contribution in [-0.4, -0.2) is 18.3 Å². The maximum absolute atomic E-state index is 5.11. The second-order valence-corrected chi connectivity index (χ2v) is 4.08. The molecule has 84 valence electrons. The third-order valence-electron chi connectivity index (χ3n) is 2.82.